The summed E-state index contributed by atoms with van der Waals surface area (Å²) in [5.41, 5.74) is 0.239. The number of rotatable bonds is 6. The van der Waals surface area contributed by atoms with E-state index in [9.17, 15) is 9.59 Å². The zero-order chi connectivity index (χ0) is 15.3. The number of amides is 1. The van der Waals surface area contributed by atoms with Gasteiger partial charge in [-0.25, -0.2) is 4.79 Å². The molecule has 0 spiro atoms. The molecule has 0 radical (unpaired) electrons. The van der Waals surface area contributed by atoms with Crippen molar-refractivity contribution in [1.29, 1.82) is 0 Å². The maximum Gasteiger partial charge on any atom is 0.407 e. The smallest absolute Gasteiger partial charge is 0.407 e. The fraction of sp³-hybridized carbons (Fsp3) is 0.467. The molecule has 0 aromatic heterocycles. The van der Waals surface area contributed by atoms with Gasteiger partial charge in [0, 0.05) is 5.25 Å². The van der Waals surface area contributed by atoms with Gasteiger partial charge in [0.25, 0.3) is 0 Å². The lowest BCUT2D eigenvalue weighted by molar-refractivity contribution is -0.139. The molecule has 114 valence electrons. The van der Waals surface area contributed by atoms with Crippen LogP contribution in [0.3, 0.4) is 0 Å². The number of carboxylic acid groups (broad SMARTS) is 1. The van der Waals surface area contributed by atoms with Gasteiger partial charge in [-0.15, -0.1) is 0 Å². The molecular formula is C15H19NO4S. The lowest BCUT2D eigenvalue weighted by atomic mass is 9.74. The molecule has 21 heavy (non-hydrogen) atoms. The highest BCUT2D eigenvalue weighted by Crippen LogP contribution is 2.41. The zero-order valence-electron chi connectivity index (χ0n) is 11.9. The molecule has 5 nitrogen and oxygen atoms in total. The van der Waals surface area contributed by atoms with Crippen LogP contribution in [0.15, 0.2) is 30.3 Å². The molecule has 1 aromatic carbocycles. The fourth-order valence-corrected chi connectivity index (χ4v) is 3.51. The van der Waals surface area contributed by atoms with Crippen LogP contribution in [0.2, 0.25) is 0 Å². The molecule has 1 aliphatic rings. The Labute approximate surface area is 128 Å². The normalized spacial score (nSPS) is 24.0. The summed E-state index contributed by atoms with van der Waals surface area (Å²) in [7, 11) is 0. The summed E-state index contributed by atoms with van der Waals surface area (Å²) in [5.74, 6) is -0.905. The van der Waals surface area contributed by atoms with E-state index in [0.29, 0.717) is 18.1 Å². The van der Waals surface area contributed by atoms with E-state index in [1.807, 2.05) is 36.6 Å². The van der Waals surface area contributed by atoms with Gasteiger partial charge in [-0.2, -0.15) is 11.8 Å². The first kappa shape index (κ1) is 15.7. The van der Waals surface area contributed by atoms with Crippen molar-refractivity contribution < 1.29 is 19.4 Å². The van der Waals surface area contributed by atoms with Crippen molar-refractivity contribution in [3.63, 3.8) is 0 Å². The summed E-state index contributed by atoms with van der Waals surface area (Å²) in [6.07, 6.45) is 2.70. The highest BCUT2D eigenvalue weighted by molar-refractivity contribution is 7.99. The van der Waals surface area contributed by atoms with Crippen molar-refractivity contribution in [3.8, 4) is 0 Å². The third kappa shape index (κ3) is 4.39. The van der Waals surface area contributed by atoms with Gasteiger partial charge in [-0.3, -0.25) is 4.79 Å². The van der Waals surface area contributed by atoms with E-state index < -0.39 is 17.6 Å². The Morgan fingerprint density at radius 1 is 1.38 bits per heavy atom. The van der Waals surface area contributed by atoms with E-state index >= 15 is 0 Å². The Kier molecular flexibility index (Phi) is 5.12. The number of alkyl carbamates (subject to hydrolysis) is 1. The van der Waals surface area contributed by atoms with Crippen LogP contribution in [0.4, 0.5) is 4.79 Å². The van der Waals surface area contributed by atoms with Crippen LogP contribution >= 0.6 is 11.8 Å². The first-order valence-corrected chi connectivity index (χ1v) is 8.05. The number of carbonyl (C=O) groups excluding carboxylic acids is 1. The molecule has 0 bridgehead atoms. The first-order chi connectivity index (χ1) is 10.0. The summed E-state index contributed by atoms with van der Waals surface area (Å²) in [5, 5.41) is 12.1. The predicted octanol–water partition coefficient (Wildman–Crippen LogP) is 2.65. The Balaban J connectivity index is 1.85. The van der Waals surface area contributed by atoms with E-state index in [1.165, 1.54) is 0 Å². The van der Waals surface area contributed by atoms with Crippen molar-refractivity contribution in [2.24, 2.45) is 0 Å². The highest BCUT2D eigenvalue weighted by atomic mass is 32.2. The van der Waals surface area contributed by atoms with Crippen LogP contribution in [-0.4, -0.2) is 34.2 Å². The van der Waals surface area contributed by atoms with E-state index in [0.717, 1.165) is 5.56 Å². The van der Waals surface area contributed by atoms with Crippen molar-refractivity contribution in [2.45, 2.75) is 36.7 Å². The van der Waals surface area contributed by atoms with Gasteiger partial charge in [0.2, 0.25) is 0 Å². The lowest BCUT2D eigenvalue weighted by Crippen LogP contribution is -2.59. The Morgan fingerprint density at radius 2 is 2.05 bits per heavy atom. The van der Waals surface area contributed by atoms with Crippen LogP contribution in [-0.2, 0) is 16.1 Å². The average molecular weight is 309 g/mol. The molecule has 6 heteroatoms. The van der Waals surface area contributed by atoms with Gasteiger partial charge in [0.1, 0.15) is 6.61 Å². The minimum absolute atomic E-state index is 0.0650. The van der Waals surface area contributed by atoms with Crippen molar-refractivity contribution >= 4 is 23.8 Å². The van der Waals surface area contributed by atoms with Crippen LogP contribution in [0.25, 0.3) is 0 Å². The molecule has 2 rings (SSSR count). The van der Waals surface area contributed by atoms with Crippen LogP contribution in [0, 0.1) is 0 Å². The first-order valence-electron chi connectivity index (χ1n) is 6.76. The second-order valence-corrected chi connectivity index (χ2v) is 6.44. The van der Waals surface area contributed by atoms with E-state index in [2.05, 4.69) is 5.32 Å². The molecule has 1 saturated carbocycles. The summed E-state index contributed by atoms with van der Waals surface area (Å²) in [6.45, 7) is 0.182. The van der Waals surface area contributed by atoms with Gasteiger partial charge in [0.15, 0.2) is 0 Å². The second-order valence-electron chi connectivity index (χ2n) is 5.30. The summed E-state index contributed by atoms with van der Waals surface area (Å²) >= 11 is 1.69. The Bertz CT molecular complexity index is 500. The van der Waals surface area contributed by atoms with Gasteiger partial charge in [0.05, 0.1) is 12.0 Å². The summed E-state index contributed by atoms with van der Waals surface area (Å²) in [4.78, 5) is 22.8. The fourth-order valence-electron chi connectivity index (χ4n) is 2.53. The number of hydrogen-bond donors (Lipinski definition) is 2. The molecular weight excluding hydrogens is 290 g/mol. The molecule has 0 saturated heterocycles. The number of carboxylic acids is 1. The number of aliphatic carboxylic acids is 1. The molecule has 0 unspecified atom stereocenters. The van der Waals surface area contributed by atoms with Crippen molar-refractivity contribution in [1.82, 2.24) is 5.32 Å². The topological polar surface area (TPSA) is 75.6 Å². The SMILES string of the molecule is CSC1CC(CC(=O)O)(NC(=O)OCc2ccccc2)C1. The summed E-state index contributed by atoms with van der Waals surface area (Å²) in [6, 6.07) is 9.37. The molecule has 0 heterocycles. The van der Waals surface area contributed by atoms with Gasteiger partial charge < -0.3 is 15.2 Å². The molecule has 1 fully saturated rings. The molecule has 1 aliphatic carbocycles. The zero-order valence-corrected chi connectivity index (χ0v) is 12.7. The third-order valence-electron chi connectivity index (χ3n) is 3.64. The number of thioether (sulfide) groups is 1. The number of benzene rings is 1. The Morgan fingerprint density at radius 3 is 2.62 bits per heavy atom. The van der Waals surface area contributed by atoms with E-state index in [-0.39, 0.29) is 13.0 Å². The lowest BCUT2D eigenvalue weighted by Gasteiger charge is -2.46. The number of ether oxygens (including phenoxy) is 1. The highest BCUT2D eigenvalue weighted by Gasteiger charge is 2.46. The molecule has 0 aliphatic heterocycles. The molecule has 0 atom stereocenters. The van der Waals surface area contributed by atoms with Crippen LogP contribution < -0.4 is 5.32 Å². The molecule has 1 amide bonds. The Hall–Kier alpha value is -1.69. The maximum atomic E-state index is 11.9. The molecule has 1 aromatic rings. The standard InChI is InChI=1S/C15H19NO4S/c1-21-12-7-15(8-12,9-13(17)18)16-14(19)20-10-11-5-3-2-4-6-11/h2-6,12H,7-10H2,1H3,(H,16,19)(H,17,18). The largest absolute Gasteiger partial charge is 0.481 e. The summed E-state index contributed by atoms with van der Waals surface area (Å²) < 4.78 is 5.16. The monoisotopic (exact) mass is 309 g/mol. The van der Waals surface area contributed by atoms with Gasteiger partial charge >= 0.3 is 12.1 Å². The van der Waals surface area contributed by atoms with Crippen LogP contribution in [0.5, 0.6) is 0 Å². The maximum absolute atomic E-state index is 11.9. The predicted molar refractivity (Wildman–Crippen MR) is 81.3 cm³/mol. The second kappa shape index (κ2) is 6.85. The van der Waals surface area contributed by atoms with E-state index in [4.69, 9.17) is 9.84 Å². The number of carbonyl (C=O) groups is 2. The van der Waals surface area contributed by atoms with E-state index in [1.54, 1.807) is 11.8 Å². The van der Waals surface area contributed by atoms with Crippen LogP contribution in [0.1, 0.15) is 24.8 Å². The van der Waals surface area contributed by atoms with Gasteiger partial charge in [-0.1, -0.05) is 30.3 Å². The minimum atomic E-state index is -0.905. The quantitative estimate of drug-likeness (QED) is 0.845. The van der Waals surface area contributed by atoms with Crippen molar-refractivity contribution in [2.75, 3.05) is 6.26 Å². The third-order valence-corrected chi connectivity index (χ3v) is 4.64. The number of nitrogens with one attached hydrogen (secondary N) is 1. The molecule has 2 N–H and O–H groups in total. The van der Waals surface area contributed by atoms with Gasteiger partial charge in [-0.05, 0) is 24.7 Å². The van der Waals surface area contributed by atoms with Crippen molar-refractivity contribution in [3.05, 3.63) is 35.9 Å². The minimum Gasteiger partial charge on any atom is -0.481 e. The average Bonchev–Trinajstić information content (AvgIpc) is 2.42. The number of hydrogen-bond acceptors (Lipinski definition) is 4.